The molecule has 0 aliphatic carbocycles. The SMILES string of the molecule is CC1CCN(CC(O)CNC(=O)CCc2ccc3[nH]ccc3c2)CC1. The number of carbonyl (C=O) groups is 1. The molecule has 3 N–H and O–H groups in total. The monoisotopic (exact) mass is 343 g/mol. The minimum atomic E-state index is -0.492. The van der Waals surface area contributed by atoms with Crippen LogP contribution in [0.2, 0.25) is 0 Å². The number of amides is 1. The highest BCUT2D eigenvalue weighted by Crippen LogP contribution is 2.16. The molecule has 1 atom stereocenters. The summed E-state index contributed by atoms with van der Waals surface area (Å²) >= 11 is 0. The number of nitrogens with one attached hydrogen (secondary N) is 2. The van der Waals surface area contributed by atoms with Crippen LogP contribution in [0.1, 0.15) is 31.7 Å². The van der Waals surface area contributed by atoms with E-state index in [0.717, 1.165) is 30.1 Å². The molecule has 136 valence electrons. The van der Waals surface area contributed by atoms with Gasteiger partial charge in [-0.2, -0.15) is 0 Å². The number of piperidine rings is 1. The lowest BCUT2D eigenvalue weighted by atomic mass is 9.99. The van der Waals surface area contributed by atoms with Gasteiger partial charge in [-0.05, 0) is 67.4 Å². The third-order valence-electron chi connectivity index (χ3n) is 5.14. The van der Waals surface area contributed by atoms with Crippen LogP contribution in [0.15, 0.2) is 30.5 Å². The molecular weight excluding hydrogens is 314 g/mol. The summed E-state index contributed by atoms with van der Waals surface area (Å²) in [6, 6.07) is 8.26. The first kappa shape index (κ1) is 18.0. The van der Waals surface area contributed by atoms with Crippen LogP contribution in [-0.2, 0) is 11.2 Å². The number of β-amino-alcohol motifs (C(OH)–C–C–N with tert-alkyl or cyclic N) is 1. The highest BCUT2D eigenvalue weighted by Gasteiger charge is 2.18. The Hall–Kier alpha value is -1.85. The Morgan fingerprint density at radius 1 is 1.36 bits per heavy atom. The number of benzene rings is 1. The molecule has 1 aliphatic rings. The summed E-state index contributed by atoms with van der Waals surface area (Å²) in [5.74, 6) is 0.791. The summed E-state index contributed by atoms with van der Waals surface area (Å²) in [6.45, 7) is 5.36. The number of hydrogen-bond donors (Lipinski definition) is 3. The van der Waals surface area contributed by atoms with E-state index in [9.17, 15) is 9.90 Å². The van der Waals surface area contributed by atoms with Gasteiger partial charge in [0.15, 0.2) is 0 Å². The normalized spacial score (nSPS) is 17.7. The number of carbonyl (C=O) groups excluding carboxylic acids is 1. The van der Waals surface area contributed by atoms with Crippen molar-refractivity contribution < 1.29 is 9.90 Å². The molecule has 2 aromatic rings. The molecule has 0 radical (unpaired) electrons. The van der Waals surface area contributed by atoms with Crippen LogP contribution in [-0.4, -0.2) is 53.2 Å². The quantitative estimate of drug-likeness (QED) is 0.723. The van der Waals surface area contributed by atoms with Gasteiger partial charge in [0.2, 0.25) is 5.91 Å². The molecule has 5 nitrogen and oxygen atoms in total. The predicted octanol–water partition coefficient (Wildman–Crippen LogP) is 2.31. The van der Waals surface area contributed by atoms with Crippen LogP contribution in [0.3, 0.4) is 0 Å². The second kappa shape index (κ2) is 8.50. The van der Waals surface area contributed by atoms with Crippen molar-refractivity contribution in [2.24, 2.45) is 5.92 Å². The number of hydrogen-bond acceptors (Lipinski definition) is 3. The van der Waals surface area contributed by atoms with Gasteiger partial charge in [0.05, 0.1) is 6.10 Å². The molecule has 25 heavy (non-hydrogen) atoms. The van der Waals surface area contributed by atoms with Gasteiger partial charge < -0.3 is 20.3 Å². The van der Waals surface area contributed by atoms with Gasteiger partial charge in [0.25, 0.3) is 0 Å². The van der Waals surface area contributed by atoms with Gasteiger partial charge >= 0.3 is 0 Å². The minimum absolute atomic E-state index is 0.000446. The molecule has 1 aromatic carbocycles. The third-order valence-corrected chi connectivity index (χ3v) is 5.14. The fourth-order valence-corrected chi connectivity index (χ4v) is 3.44. The summed E-state index contributed by atoms with van der Waals surface area (Å²) in [4.78, 5) is 17.5. The first-order valence-corrected chi connectivity index (χ1v) is 9.33. The molecule has 0 saturated carbocycles. The van der Waals surface area contributed by atoms with Crippen molar-refractivity contribution in [2.75, 3.05) is 26.2 Å². The lowest BCUT2D eigenvalue weighted by Gasteiger charge is -2.31. The van der Waals surface area contributed by atoms with Crippen molar-refractivity contribution in [1.29, 1.82) is 0 Å². The number of aliphatic hydroxyl groups excluding tert-OH is 1. The molecule has 1 aliphatic heterocycles. The van der Waals surface area contributed by atoms with E-state index in [4.69, 9.17) is 0 Å². The van der Waals surface area contributed by atoms with E-state index in [1.807, 2.05) is 18.3 Å². The number of fused-ring (bicyclic) bond motifs is 1. The van der Waals surface area contributed by atoms with Crippen LogP contribution in [0, 0.1) is 5.92 Å². The Balaban J connectivity index is 1.36. The first-order chi connectivity index (χ1) is 12.1. The van der Waals surface area contributed by atoms with E-state index in [1.165, 1.54) is 18.2 Å². The number of aliphatic hydroxyl groups is 1. The van der Waals surface area contributed by atoms with E-state index < -0.39 is 6.10 Å². The Labute approximate surface area is 149 Å². The van der Waals surface area contributed by atoms with E-state index in [1.54, 1.807) is 0 Å². The lowest BCUT2D eigenvalue weighted by Crippen LogP contribution is -2.43. The van der Waals surface area contributed by atoms with Crippen molar-refractivity contribution in [3.05, 3.63) is 36.0 Å². The molecule has 1 unspecified atom stereocenters. The molecule has 2 heterocycles. The highest BCUT2D eigenvalue weighted by molar-refractivity contribution is 5.80. The molecule has 1 saturated heterocycles. The van der Waals surface area contributed by atoms with Gasteiger partial charge in [-0.25, -0.2) is 0 Å². The maximum Gasteiger partial charge on any atom is 0.220 e. The van der Waals surface area contributed by atoms with Gasteiger partial charge in [-0.15, -0.1) is 0 Å². The smallest absolute Gasteiger partial charge is 0.220 e. The fraction of sp³-hybridized carbons (Fsp3) is 0.550. The van der Waals surface area contributed by atoms with Crippen molar-refractivity contribution in [1.82, 2.24) is 15.2 Å². The van der Waals surface area contributed by atoms with Crippen molar-refractivity contribution in [3.63, 3.8) is 0 Å². The summed E-state index contributed by atoms with van der Waals surface area (Å²) in [5.41, 5.74) is 2.27. The summed E-state index contributed by atoms with van der Waals surface area (Å²) in [7, 11) is 0. The van der Waals surface area contributed by atoms with Crippen LogP contribution in [0.4, 0.5) is 0 Å². The highest BCUT2D eigenvalue weighted by atomic mass is 16.3. The largest absolute Gasteiger partial charge is 0.390 e. The standard InChI is InChI=1S/C20H29N3O2/c1-15-7-10-23(11-8-15)14-18(24)13-22-20(25)5-3-16-2-4-19-17(12-16)6-9-21-19/h2,4,6,9,12,15,18,21,24H,3,5,7-8,10-11,13-14H2,1H3,(H,22,25). The number of H-pyrrole nitrogens is 1. The van der Waals surface area contributed by atoms with Crippen LogP contribution in [0.5, 0.6) is 0 Å². The van der Waals surface area contributed by atoms with E-state index >= 15 is 0 Å². The maximum atomic E-state index is 12.0. The second-order valence-corrected chi connectivity index (χ2v) is 7.34. The average molecular weight is 343 g/mol. The van der Waals surface area contributed by atoms with Gasteiger partial charge in [-0.1, -0.05) is 13.0 Å². The van der Waals surface area contributed by atoms with E-state index in [0.29, 0.717) is 25.9 Å². The Morgan fingerprint density at radius 3 is 2.96 bits per heavy atom. The van der Waals surface area contributed by atoms with Crippen LogP contribution < -0.4 is 5.32 Å². The number of aromatic amines is 1. The second-order valence-electron chi connectivity index (χ2n) is 7.34. The van der Waals surface area contributed by atoms with Gasteiger partial charge in [0, 0.05) is 31.2 Å². The van der Waals surface area contributed by atoms with Gasteiger partial charge in [-0.3, -0.25) is 4.79 Å². The lowest BCUT2D eigenvalue weighted by molar-refractivity contribution is -0.121. The number of nitrogens with zero attached hydrogens (tertiary/aromatic N) is 1. The van der Waals surface area contributed by atoms with E-state index in [2.05, 4.69) is 34.3 Å². The molecule has 1 amide bonds. The molecule has 0 spiro atoms. The number of aryl methyl sites for hydroxylation is 1. The van der Waals surface area contributed by atoms with Crippen LogP contribution >= 0.6 is 0 Å². The zero-order valence-electron chi connectivity index (χ0n) is 15.0. The molecule has 1 fully saturated rings. The Kier molecular flexibility index (Phi) is 6.10. The number of likely N-dealkylation sites (tertiary alicyclic amines) is 1. The summed E-state index contributed by atoms with van der Waals surface area (Å²) < 4.78 is 0. The predicted molar refractivity (Wildman–Crippen MR) is 100 cm³/mol. The molecular formula is C20H29N3O2. The molecule has 5 heteroatoms. The van der Waals surface area contributed by atoms with Crippen molar-refractivity contribution in [2.45, 2.75) is 38.7 Å². The van der Waals surface area contributed by atoms with E-state index in [-0.39, 0.29) is 5.91 Å². The minimum Gasteiger partial charge on any atom is -0.390 e. The first-order valence-electron chi connectivity index (χ1n) is 9.33. The molecule has 0 bridgehead atoms. The van der Waals surface area contributed by atoms with Crippen molar-refractivity contribution >= 4 is 16.8 Å². The average Bonchev–Trinajstić information content (AvgIpc) is 3.08. The zero-order chi connectivity index (χ0) is 17.6. The van der Waals surface area contributed by atoms with Gasteiger partial charge in [0.1, 0.15) is 0 Å². The Morgan fingerprint density at radius 2 is 2.16 bits per heavy atom. The zero-order valence-corrected chi connectivity index (χ0v) is 15.0. The number of aromatic nitrogens is 1. The summed E-state index contributed by atoms with van der Waals surface area (Å²) in [5, 5.41) is 14.2. The maximum absolute atomic E-state index is 12.0. The third kappa shape index (κ3) is 5.31. The summed E-state index contributed by atoms with van der Waals surface area (Å²) in [6.07, 6.45) is 4.99. The molecule has 3 rings (SSSR count). The Bertz CT molecular complexity index is 689. The molecule has 1 aromatic heterocycles. The van der Waals surface area contributed by atoms with Crippen LogP contribution in [0.25, 0.3) is 10.9 Å². The fourth-order valence-electron chi connectivity index (χ4n) is 3.44. The van der Waals surface area contributed by atoms with Crippen molar-refractivity contribution in [3.8, 4) is 0 Å². The number of rotatable bonds is 7. The topological polar surface area (TPSA) is 68.4 Å².